The molecule has 0 spiro atoms. The number of rotatable bonds is 6. The normalized spacial score (nSPS) is 27.8. The van der Waals surface area contributed by atoms with Gasteiger partial charge in [-0.05, 0) is 76.9 Å². The first-order chi connectivity index (χ1) is 21.2. The summed E-state index contributed by atoms with van der Waals surface area (Å²) in [7, 11) is -5.26. The third-order valence-corrected chi connectivity index (χ3v) is 9.95. The number of hydrogen-bond acceptors (Lipinski definition) is 10. The average molecular weight is 634 g/mol. The van der Waals surface area contributed by atoms with Gasteiger partial charge in [0, 0.05) is 37.1 Å². The summed E-state index contributed by atoms with van der Waals surface area (Å²) < 4.78 is 38.4. The van der Waals surface area contributed by atoms with Crippen LogP contribution in [-0.2, 0) is 23.2 Å². The number of hydrogen-bond donors (Lipinski definition) is 0. The molecule has 4 aliphatic rings. The summed E-state index contributed by atoms with van der Waals surface area (Å²) >= 11 is 0. The Morgan fingerprint density at radius 2 is 1.20 bits per heavy atom. The van der Waals surface area contributed by atoms with Gasteiger partial charge in [-0.25, -0.2) is 0 Å². The zero-order chi connectivity index (χ0) is 32.3. The summed E-state index contributed by atoms with van der Waals surface area (Å²) in [5.41, 5.74) is -0.931. The minimum absolute atomic E-state index is 0.166. The second-order valence-corrected chi connectivity index (χ2v) is 14.2. The van der Waals surface area contributed by atoms with Crippen molar-refractivity contribution in [3.63, 3.8) is 0 Å². The van der Waals surface area contributed by atoms with E-state index < -0.39 is 43.3 Å². The lowest BCUT2D eigenvalue weighted by Gasteiger charge is -2.51. The molecule has 6 rings (SSSR count). The summed E-state index contributed by atoms with van der Waals surface area (Å²) in [5.74, 6) is 0.509. The van der Waals surface area contributed by atoms with Crippen LogP contribution < -0.4 is 14.4 Å². The van der Waals surface area contributed by atoms with Crippen LogP contribution in [0.1, 0.15) is 87.7 Å². The SMILES string of the molecule is CC1(C)Oc2ccc(C#N)cc2[C@@H](N2CCCC2=O)[C@H]1OP(=O)([O-])O[C@H]1[C@@H](N2CCCC2=O)c2cc(C#N)ccc2OC1(C)C. The van der Waals surface area contributed by atoms with Gasteiger partial charge in [-0.3, -0.25) is 14.2 Å². The van der Waals surface area contributed by atoms with E-state index in [0.717, 1.165) is 0 Å². The van der Waals surface area contributed by atoms with Crippen molar-refractivity contribution in [3.8, 4) is 23.6 Å². The number of benzene rings is 2. The topological polar surface area (TPSA) is 165 Å². The number of carbonyl (C=O) groups excluding carboxylic acids is 2. The number of fused-ring (bicyclic) bond motifs is 2. The predicted octanol–water partition coefficient (Wildman–Crippen LogP) is 4.04. The van der Waals surface area contributed by atoms with E-state index in [1.54, 1.807) is 73.9 Å². The first-order valence-electron chi connectivity index (χ1n) is 15.0. The molecular formula is C32H34N4O8P-. The smallest absolute Gasteiger partial charge is 0.268 e. The first kappa shape index (κ1) is 31.1. The quantitative estimate of drug-likeness (QED) is 0.424. The Bertz CT molecular complexity index is 1580. The highest BCUT2D eigenvalue weighted by Gasteiger charge is 2.54. The first-order valence-corrected chi connectivity index (χ1v) is 16.4. The van der Waals surface area contributed by atoms with Crippen LogP contribution in [0.5, 0.6) is 11.5 Å². The lowest BCUT2D eigenvalue weighted by molar-refractivity contribution is -0.253. The summed E-state index contributed by atoms with van der Waals surface area (Å²) in [4.78, 5) is 43.3. The third kappa shape index (κ3) is 5.57. The van der Waals surface area contributed by atoms with E-state index in [-0.39, 0.29) is 11.8 Å². The van der Waals surface area contributed by atoms with Crippen molar-refractivity contribution in [2.24, 2.45) is 0 Å². The maximum atomic E-state index is 14.1. The molecule has 12 nitrogen and oxygen atoms in total. The summed E-state index contributed by atoms with van der Waals surface area (Å²) in [6, 6.07) is 12.1. The number of phosphoric ester groups is 1. The molecule has 236 valence electrons. The van der Waals surface area contributed by atoms with Gasteiger partial charge in [0.2, 0.25) is 11.8 Å². The van der Waals surface area contributed by atoms with Crippen LogP contribution in [0.2, 0.25) is 0 Å². The molecule has 45 heavy (non-hydrogen) atoms. The molecule has 0 bridgehead atoms. The molecule has 2 aromatic carbocycles. The van der Waals surface area contributed by atoms with E-state index in [1.165, 1.54) is 0 Å². The highest BCUT2D eigenvalue weighted by molar-refractivity contribution is 7.45. The third-order valence-electron chi connectivity index (χ3n) is 8.98. The van der Waals surface area contributed by atoms with Crippen molar-refractivity contribution in [2.45, 2.75) is 88.9 Å². The Labute approximate surface area is 261 Å². The Morgan fingerprint density at radius 1 is 0.800 bits per heavy atom. The van der Waals surface area contributed by atoms with Crippen LogP contribution in [0.25, 0.3) is 0 Å². The van der Waals surface area contributed by atoms with Crippen molar-refractivity contribution in [1.82, 2.24) is 9.80 Å². The molecule has 0 aliphatic carbocycles. The van der Waals surface area contributed by atoms with Gasteiger partial charge in [0.05, 0.1) is 35.3 Å². The minimum Gasteiger partial charge on any atom is -0.756 e. The van der Waals surface area contributed by atoms with Gasteiger partial charge >= 0.3 is 0 Å². The summed E-state index contributed by atoms with van der Waals surface area (Å²) in [5, 5.41) is 19.2. The van der Waals surface area contributed by atoms with Gasteiger partial charge in [0.1, 0.15) is 34.9 Å². The van der Waals surface area contributed by atoms with Crippen LogP contribution in [-0.4, -0.2) is 58.1 Å². The average Bonchev–Trinajstić information content (AvgIpc) is 3.60. The number of carbonyl (C=O) groups is 2. The zero-order valence-corrected chi connectivity index (χ0v) is 26.4. The van der Waals surface area contributed by atoms with Crippen molar-refractivity contribution in [1.29, 1.82) is 10.5 Å². The van der Waals surface area contributed by atoms with Crippen molar-refractivity contribution < 1.29 is 37.6 Å². The number of nitrogens with zero attached hydrogens (tertiary/aromatic N) is 4. The fourth-order valence-electron chi connectivity index (χ4n) is 6.91. The summed E-state index contributed by atoms with van der Waals surface area (Å²) in [6.45, 7) is 7.44. The molecule has 5 atom stereocenters. The van der Waals surface area contributed by atoms with E-state index in [2.05, 4.69) is 12.1 Å². The van der Waals surface area contributed by atoms with E-state index in [1.807, 2.05) is 0 Å². The Kier molecular flexibility index (Phi) is 7.70. The van der Waals surface area contributed by atoms with Crippen molar-refractivity contribution in [2.75, 3.05) is 13.1 Å². The molecule has 0 saturated carbocycles. The summed E-state index contributed by atoms with van der Waals surface area (Å²) in [6.07, 6.45) is -0.724. The van der Waals surface area contributed by atoms with Gasteiger partial charge in [-0.2, -0.15) is 10.5 Å². The standard InChI is InChI=1S/C32H35N4O8P/c1-31(2)29(27(35-13-5-7-25(35)37)21-15-19(17-33)9-11-23(21)41-31)43-45(39,40)44-30-28(36-14-6-8-26(36)38)22-16-20(18-34)10-12-24(22)42-32(30,3)4/h9-12,15-16,27-30H,5-8,13-14H2,1-4H3,(H,39,40)/p-1/t27-,28+,29-,30+. The fraction of sp³-hybridized carbons (Fsp3) is 0.500. The van der Waals surface area contributed by atoms with E-state index in [0.29, 0.717) is 72.5 Å². The van der Waals surface area contributed by atoms with Gasteiger partial charge < -0.3 is 33.2 Å². The van der Waals surface area contributed by atoms with Crippen LogP contribution in [0.4, 0.5) is 0 Å². The molecule has 13 heteroatoms. The lowest BCUT2D eigenvalue weighted by atomic mass is 9.85. The molecule has 4 aliphatic heterocycles. The molecule has 0 N–H and O–H groups in total. The molecule has 4 heterocycles. The Hall–Kier alpha value is -3.93. The number of phosphoric acid groups is 1. The van der Waals surface area contributed by atoms with E-state index >= 15 is 0 Å². The Balaban J connectivity index is 1.40. The molecule has 2 fully saturated rings. The van der Waals surface area contributed by atoms with Crippen LogP contribution in [0, 0.1) is 22.7 Å². The van der Waals surface area contributed by atoms with Gasteiger partial charge in [0.25, 0.3) is 7.82 Å². The number of nitriles is 2. The monoisotopic (exact) mass is 633 g/mol. The van der Waals surface area contributed by atoms with Crippen molar-refractivity contribution in [3.05, 3.63) is 58.7 Å². The zero-order valence-electron chi connectivity index (χ0n) is 25.5. The minimum atomic E-state index is -5.26. The van der Waals surface area contributed by atoms with Gasteiger partial charge in [-0.1, -0.05) is 0 Å². The van der Waals surface area contributed by atoms with Crippen LogP contribution in [0.3, 0.4) is 0 Å². The van der Waals surface area contributed by atoms with Gasteiger partial charge in [-0.15, -0.1) is 0 Å². The Morgan fingerprint density at radius 3 is 1.53 bits per heavy atom. The highest BCUT2D eigenvalue weighted by atomic mass is 31.2. The lowest BCUT2D eigenvalue weighted by Crippen LogP contribution is -2.57. The molecule has 0 aromatic heterocycles. The second-order valence-electron chi connectivity index (χ2n) is 12.9. The van der Waals surface area contributed by atoms with Crippen LogP contribution in [0.15, 0.2) is 36.4 Å². The molecule has 2 saturated heterocycles. The largest absolute Gasteiger partial charge is 0.756 e. The fourth-order valence-corrected chi connectivity index (χ4v) is 8.26. The van der Waals surface area contributed by atoms with E-state index in [9.17, 15) is 29.6 Å². The molecule has 2 aromatic rings. The maximum absolute atomic E-state index is 14.1. The number of amides is 2. The molecule has 0 radical (unpaired) electrons. The van der Waals surface area contributed by atoms with Gasteiger partial charge in [0.15, 0.2) is 0 Å². The number of likely N-dealkylation sites (tertiary alicyclic amines) is 2. The van der Waals surface area contributed by atoms with E-state index in [4.69, 9.17) is 18.5 Å². The molecular weight excluding hydrogens is 599 g/mol. The molecule has 1 unspecified atom stereocenters. The van der Waals surface area contributed by atoms with Crippen LogP contribution >= 0.6 is 7.82 Å². The predicted molar refractivity (Wildman–Crippen MR) is 156 cm³/mol. The highest BCUT2D eigenvalue weighted by Crippen LogP contribution is 2.56. The number of ether oxygens (including phenoxy) is 2. The maximum Gasteiger partial charge on any atom is 0.268 e. The molecule has 2 amide bonds. The van der Waals surface area contributed by atoms with Crippen molar-refractivity contribution >= 4 is 19.6 Å². The second kappa shape index (κ2) is 11.1.